The lowest BCUT2D eigenvalue weighted by molar-refractivity contribution is 0.229. The lowest BCUT2D eigenvalue weighted by Crippen LogP contribution is -2.16. The van der Waals surface area contributed by atoms with E-state index in [1.807, 2.05) is 11.8 Å². The van der Waals surface area contributed by atoms with E-state index in [9.17, 15) is 0 Å². The maximum atomic E-state index is 6.03. The topological polar surface area (TPSA) is 21.3 Å². The van der Waals surface area contributed by atoms with Crippen molar-refractivity contribution < 1.29 is 4.74 Å². The van der Waals surface area contributed by atoms with Gasteiger partial charge in [0.25, 0.3) is 0 Å². The van der Waals surface area contributed by atoms with Gasteiger partial charge in [-0.3, -0.25) is 0 Å². The molecule has 1 N–H and O–H groups in total. The van der Waals surface area contributed by atoms with Gasteiger partial charge in [0.15, 0.2) is 0 Å². The van der Waals surface area contributed by atoms with Gasteiger partial charge in [-0.05, 0) is 49.3 Å². The molecule has 3 rings (SSSR count). The molecule has 2 aliphatic heterocycles. The minimum atomic E-state index is 0.423. The minimum absolute atomic E-state index is 0.423. The fourth-order valence-corrected chi connectivity index (χ4v) is 3.67. The lowest BCUT2D eigenvalue weighted by Gasteiger charge is -2.15. The first kappa shape index (κ1) is 11.4. The SMILES string of the molecule is c1cc(OC2CCSC2)cc(C2CCCN2)c1. The monoisotopic (exact) mass is 249 g/mol. The molecule has 0 radical (unpaired) electrons. The van der Waals surface area contributed by atoms with Gasteiger partial charge in [0.1, 0.15) is 11.9 Å². The highest BCUT2D eigenvalue weighted by Crippen LogP contribution is 2.28. The van der Waals surface area contributed by atoms with Crippen molar-refractivity contribution in [3.8, 4) is 5.75 Å². The van der Waals surface area contributed by atoms with Crippen molar-refractivity contribution in [2.24, 2.45) is 0 Å². The van der Waals surface area contributed by atoms with E-state index in [0.29, 0.717) is 12.1 Å². The average Bonchev–Trinajstić information content (AvgIpc) is 3.01. The molecule has 1 aromatic carbocycles. The third kappa shape index (κ3) is 2.78. The number of benzene rings is 1. The predicted molar refractivity (Wildman–Crippen MR) is 72.8 cm³/mol. The van der Waals surface area contributed by atoms with Crippen LogP contribution in [0.1, 0.15) is 30.9 Å². The Balaban J connectivity index is 1.69. The zero-order valence-electron chi connectivity index (χ0n) is 10.0. The van der Waals surface area contributed by atoms with Crippen molar-refractivity contribution in [1.82, 2.24) is 5.32 Å². The first-order chi connectivity index (χ1) is 8.42. The zero-order chi connectivity index (χ0) is 11.5. The highest BCUT2D eigenvalue weighted by Gasteiger charge is 2.19. The summed E-state index contributed by atoms with van der Waals surface area (Å²) in [6.07, 6.45) is 4.15. The van der Waals surface area contributed by atoms with E-state index >= 15 is 0 Å². The Morgan fingerprint density at radius 2 is 2.29 bits per heavy atom. The highest BCUT2D eigenvalue weighted by atomic mass is 32.2. The Kier molecular flexibility index (Phi) is 3.57. The van der Waals surface area contributed by atoms with Crippen molar-refractivity contribution in [2.75, 3.05) is 18.1 Å². The van der Waals surface area contributed by atoms with Crippen LogP contribution < -0.4 is 10.1 Å². The molecule has 1 aromatic rings. The van der Waals surface area contributed by atoms with Gasteiger partial charge >= 0.3 is 0 Å². The van der Waals surface area contributed by atoms with E-state index < -0.39 is 0 Å². The molecule has 2 saturated heterocycles. The fraction of sp³-hybridized carbons (Fsp3) is 0.571. The molecule has 2 heterocycles. The number of nitrogens with one attached hydrogen (secondary N) is 1. The molecule has 2 unspecified atom stereocenters. The van der Waals surface area contributed by atoms with E-state index in [0.717, 1.165) is 18.0 Å². The third-order valence-corrected chi connectivity index (χ3v) is 4.64. The largest absolute Gasteiger partial charge is 0.490 e. The second-order valence-electron chi connectivity index (χ2n) is 4.82. The summed E-state index contributed by atoms with van der Waals surface area (Å²) in [4.78, 5) is 0. The van der Waals surface area contributed by atoms with Crippen LogP contribution in [0.15, 0.2) is 24.3 Å². The minimum Gasteiger partial charge on any atom is -0.490 e. The Morgan fingerprint density at radius 3 is 3.06 bits per heavy atom. The molecule has 0 aliphatic carbocycles. The quantitative estimate of drug-likeness (QED) is 0.890. The van der Waals surface area contributed by atoms with E-state index in [1.165, 1.54) is 30.6 Å². The van der Waals surface area contributed by atoms with E-state index in [4.69, 9.17) is 4.74 Å². The van der Waals surface area contributed by atoms with Crippen LogP contribution in [0.2, 0.25) is 0 Å². The third-order valence-electron chi connectivity index (χ3n) is 3.51. The molecule has 92 valence electrons. The van der Waals surface area contributed by atoms with Gasteiger partial charge in [0, 0.05) is 11.8 Å². The molecule has 0 aromatic heterocycles. The Labute approximate surface area is 107 Å². The molecule has 0 saturated carbocycles. The lowest BCUT2D eigenvalue weighted by atomic mass is 10.1. The maximum Gasteiger partial charge on any atom is 0.120 e. The Bertz CT molecular complexity index is 370. The van der Waals surface area contributed by atoms with Crippen molar-refractivity contribution in [3.63, 3.8) is 0 Å². The predicted octanol–water partition coefficient (Wildman–Crippen LogP) is 3.00. The number of thioether (sulfide) groups is 1. The van der Waals surface area contributed by atoms with Gasteiger partial charge in [-0.15, -0.1) is 0 Å². The van der Waals surface area contributed by atoms with Crippen LogP contribution in [0.25, 0.3) is 0 Å². The first-order valence-electron chi connectivity index (χ1n) is 6.49. The summed E-state index contributed by atoms with van der Waals surface area (Å²) >= 11 is 1.99. The van der Waals surface area contributed by atoms with Gasteiger partial charge in [-0.1, -0.05) is 12.1 Å². The molecule has 2 aliphatic rings. The van der Waals surface area contributed by atoms with Crippen LogP contribution in [-0.4, -0.2) is 24.2 Å². The van der Waals surface area contributed by atoms with Crippen molar-refractivity contribution in [1.29, 1.82) is 0 Å². The molecule has 17 heavy (non-hydrogen) atoms. The summed E-state index contributed by atoms with van der Waals surface area (Å²) in [7, 11) is 0. The zero-order valence-corrected chi connectivity index (χ0v) is 10.8. The summed E-state index contributed by atoms with van der Waals surface area (Å²) in [5, 5.41) is 3.53. The van der Waals surface area contributed by atoms with Crippen molar-refractivity contribution in [3.05, 3.63) is 29.8 Å². The second-order valence-corrected chi connectivity index (χ2v) is 5.97. The highest BCUT2D eigenvalue weighted by molar-refractivity contribution is 7.99. The normalized spacial score (nSPS) is 28.5. The van der Waals surface area contributed by atoms with Crippen LogP contribution in [-0.2, 0) is 0 Å². The second kappa shape index (κ2) is 5.32. The van der Waals surface area contributed by atoms with Crippen molar-refractivity contribution in [2.45, 2.75) is 31.4 Å². The van der Waals surface area contributed by atoms with E-state index in [-0.39, 0.29) is 0 Å². The molecule has 2 atom stereocenters. The maximum absolute atomic E-state index is 6.03. The van der Waals surface area contributed by atoms with Crippen LogP contribution in [0.3, 0.4) is 0 Å². The van der Waals surface area contributed by atoms with Gasteiger partial charge in [-0.2, -0.15) is 11.8 Å². The molecule has 0 amide bonds. The molecule has 2 fully saturated rings. The molecular weight excluding hydrogens is 230 g/mol. The standard InChI is InChI=1S/C14H19NOS/c1-3-11(14-5-2-7-15-14)9-12(4-1)16-13-6-8-17-10-13/h1,3-4,9,13-15H,2,5-8,10H2. The van der Waals surface area contributed by atoms with Gasteiger partial charge < -0.3 is 10.1 Å². The number of ether oxygens (including phenoxy) is 1. The summed E-state index contributed by atoms with van der Waals surface area (Å²) in [5.74, 6) is 3.43. The summed E-state index contributed by atoms with van der Waals surface area (Å²) in [6.45, 7) is 1.15. The number of rotatable bonds is 3. The average molecular weight is 249 g/mol. The molecular formula is C14H19NOS. The smallest absolute Gasteiger partial charge is 0.120 e. The number of hydrogen-bond donors (Lipinski definition) is 1. The summed E-state index contributed by atoms with van der Waals surface area (Å²) in [6, 6.07) is 9.16. The van der Waals surface area contributed by atoms with E-state index in [2.05, 4.69) is 29.6 Å². The fourth-order valence-electron chi connectivity index (χ4n) is 2.57. The molecule has 3 heteroatoms. The van der Waals surface area contributed by atoms with Gasteiger partial charge in [0.05, 0.1) is 0 Å². The Morgan fingerprint density at radius 1 is 1.29 bits per heavy atom. The molecule has 0 spiro atoms. The van der Waals surface area contributed by atoms with Crippen LogP contribution in [0.5, 0.6) is 5.75 Å². The van der Waals surface area contributed by atoms with Crippen LogP contribution >= 0.6 is 11.8 Å². The van der Waals surface area contributed by atoms with Crippen LogP contribution in [0, 0.1) is 0 Å². The van der Waals surface area contributed by atoms with Gasteiger partial charge in [-0.25, -0.2) is 0 Å². The first-order valence-corrected chi connectivity index (χ1v) is 7.65. The van der Waals surface area contributed by atoms with Gasteiger partial charge in [0.2, 0.25) is 0 Å². The molecule has 0 bridgehead atoms. The summed E-state index contributed by atoms with van der Waals surface area (Å²) in [5.41, 5.74) is 1.38. The van der Waals surface area contributed by atoms with Crippen molar-refractivity contribution >= 4 is 11.8 Å². The number of hydrogen-bond acceptors (Lipinski definition) is 3. The van der Waals surface area contributed by atoms with Crippen LogP contribution in [0.4, 0.5) is 0 Å². The Hall–Kier alpha value is -0.670. The molecule has 2 nitrogen and oxygen atoms in total. The van der Waals surface area contributed by atoms with E-state index in [1.54, 1.807) is 0 Å². The summed E-state index contributed by atoms with van der Waals surface area (Å²) < 4.78 is 6.03.